The molecule has 0 aliphatic carbocycles. The fourth-order valence-corrected chi connectivity index (χ4v) is 2.36. The second-order valence-corrected chi connectivity index (χ2v) is 5.25. The molecule has 0 spiro atoms. The van der Waals surface area contributed by atoms with Crippen molar-refractivity contribution >= 4 is 11.6 Å². The van der Waals surface area contributed by atoms with Crippen molar-refractivity contribution in [3.05, 3.63) is 34.9 Å². The summed E-state index contributed by atoms with van der Waals surface area (Å²) in [6.45, 7) is 7.84. The maximum Gasteiger partial charge on any atom is 0.0409 e. The van der Waals surface area contributed by atoms with Crippen LogP contribution in [0.5, 0.6) is 0 Å². The molecular weight excluding hydrogens is 230 g/mol. The highest BCUT2D eigenvalue weighted by Crippen LogP contribution is 2.20. The van der Waals surface area contributed by atoms with Crippen molar-refractivity contribution in [2.24, 2.45) is 5.92 Å². The highest BCUT2D eigenvalue weighted by atomic mass is 35.5. The van der Waals surface area contributed by atoms with Crippen molar-refractivity contribution in [2.75, 3.05) is 6.54 Å². The third kappa shape index (κ3) is 5.10. The number of benzene rings is 1. The molecule has 0 saturated heterocycles. The summed E-state index contributed by atoms with van der Waals surface area (Å²) in [4.78, 5) is 0. The molecule has 0 amide bonds. The molecule has 1 aromatic carbocycles. The van der Waals surface area contributed by atoms with Gasteiger partial charge in [-0.1, -0.05) is 50.9 Å². The Morgan fingerprint density at radius 1 is 1.29 bits per heavy atom. The predicted molar refractivity (Wildman–Crippen MR) is 76.6 cm³/mol. The van der Waals surface area contributed by atoms with E-state index in [1.54, 1.807) is 0 Å². The first-order valence-corrected chi connectivity index (χ1v) is 7.04. The largest absolute Gasteiger partial charge is 0.310 e. The van der Waals surface area contributed by atoms with Crippen molar-refractivity contribution in [2.45, 2.75) is 46.1 Å². The molecule has 17 heavy (non-hydrogen) atoms. The summed E-state index contributed by atoms with van der Waals surface area (Å²) >= 11 is 6.03. The van der Waals surface area contributed by atoms with Crippen LogP contribution >= 0.6 is 11.6 Å². The van der Waals surface area contributed by atoms with Crippen LogP contribution in [0.25, 0.3) is 0 Å². The molecule has 1 rings (SSSR count). The molecule has 96 valence electrons. The lowest BCUT2D eigenvalue weighted by Gasteiger charge is -2.20. The molecule has 0 aromatic heterocycles. The first kappa shape index (κ1) is 14.5. The molecule has 1 nitrogen and oxygen atoms in total. The maximum atomic E-state index is 6.03. The number of hydrogen-bond donors (Lipinski definition) is 1. The van der Waals surface area contributed by atoms with E-state index in [2.05, 4.69) is 38.2 Å². The Kier molecular flexibility index (Phi) is 6.61. The molecular formula is C15H24ClN. The van der Waals surface area contributed by atoms with E-state index >= 15 is 0 Å². The zero-order valence-electron chi connectivity index (χ0n) is 11.2. The maximum absolute atomic E-state index is 6.03. The van der Waals surface area contributed by atoms with E-state index in [-0.39, 0.29) is 0 Å². The summed E-state index contributed by atoms with van der Waals surface area (Å²) in [5, 5.41) is 4.46. The third-order valence-electron chi connectivity index (χ3n) is 3.15. The third-order valence-corrected chi connectivity index (χ3v) is 3.39. The van der Waals surface area contributed by atoms with E-state index in [9.17, 15) is 0 Å². The van der Waals surface area contributed by atoms with Gasteiger partial charge in [0.1, 0.15) is 0 Å². The minimum atomic E-state index is 0.424. The Hall–Kier alpha value is -0.530. The molecule has 0 saturated carbocycles. The Morgan fingerprint density at radius 2 is 2.06 bits per heavy atom. The Morgan fingerprint density at radius 3 is 2.65 bits per heavy atom. The second-order valence-electron chi connectivity index (χ2n) is 4.82. The molecule has 1 N–H and O–H groups in total. The average molecular weight is 254 g/mol. The first-order valence-electron chi connectivity index (χ1n) is 6.66. The van der Waals surface area contributed by atoms with Gasteiger partial charge in [-0.15, -0.1) is 0 Å². The van der Waals surface area contributed by atoms with Gasteiger partial charge in [-0.3, -0.25) is 0 Å². The first-order chi connectivity index (χ1) is 8.17. The van der Waals surface area contributed by atoms with Crippen LogP contribution in [0, 0.1) is 5.92 Å². The fourth-order valence-electron chi connectivity index (χ4n) is 2.16. The van der Waals surface area contributed by atoms with Gasteiger partial charge in [-0.2, -0.15) is 0 Å². The number of hydrogen-bond acceptors (Lipinski definition) is 1. The topological polar surface area (TPSA) is 12.0 Å². The molecule has 1 aromatic rings. The van der Waals surface area contributed by atoms with Crippen molar-refractivity contribution in [1.29, 1.82) is 0 Å². The number of halogens is 1. The molecule has 2 heteroatoms. The molecule has 0 fully saturated rings. The molecule has 0 heterocycles. The average Bonchev–Trinajstić information content (AvgIpc) is 2.30. The van der Waals surface area contributed by atoms with E-state index < -0.39 is 0 Å². The quantitative estimate of drug-likeness (QED) is 0.735. The van der Waals surface area contributed by atoms with E-state index in [1.165, 1.54) is 18.4 Å². The van der Waals surface area contributed by atoms with Gasteiger partial charge in [0.15, 0.2) is 0 Å². The molecule has 0 aliphatic rings. The lowest BCUT2D eigenvalue weighted by atomic mass is 10.0. The fraction of sp³-hybridized carbons (Fsp3) is 0.600. The van der Waals surface area contributed by atoms with Gasteiger partial charge in [0, 0.05) is 11.1 Å². The molecule has 0 radical (unpaired) electrons. The Bertz CT molecular complexity index is 324. The Labute approximate surface area is 111 Å². The molecule has 2 unspecified atom stereocenters. The lowest BCUT2D eigenvalue weighted by Crippen LogP contribution is -2.26. The van der Waals surface area contributed by atoms with Crippen molar-refractivity contribution in [3.63, 3.8) is 0 Å². The van der Waals surface area contributed by atoms with Crippen molar-refractivity contribution in [1.82, 2.24) is 5.32 Å². The van der Waals surface area contributed by atoms with Gasteiger partial charge in [0.05, 0.1) is 0 Å². The highest BCUT2D eigenvalue weighted by Gasteiger charge is 2.10. The van der Waals surface area contributed by atoms with Gasteiger partial charge in [0.25, 0.3) is 0 Å². The minimum Gasteiger partial charge on any atom is -0.310 e. The molecule has 0 bridgehead atoms. The van der Waals surface area contributed by atoms with Crippen LogP contribution in [-0.4, -0.2) is 6.54 Å². The summed E-state index contributed by atoms with van der Waals surface area (Å²) in [6, 6.07) is 8.59. The summed E-state index contributed by atoms with van der Waals surface area (Å²) < 4.78 is 0. The van der Waals surface area contributed by atoms with Crippen LogP contribution < -0.4 is 5.32 Å². The standard InChI is InChI=1S/C15H24ClN/c1-4-7-12(3)11-17-15(5-2)13-8-6-9-14(16)10-13/h6,8-10,12,15,17H,4-5,7,11H2,1-3H3. The summed E-state index contributed by atoms with van der Waals surface area (Å²) in [5.41, 5.74) is 1.30. The van der Waals surface area contributed by atoms with E-state index in [1.807, 2.05) is 12.1 Å². The summed E-state index contributed by atoms with van der Waals surface area (Å²) in [6.07, 6.45) is 3.65. The number of rotatable bonds is 7. The van der Waals surface area contributed by atoms with Crippen molar-refractivity contribution < 1.29 is 0 Å². The van der Waals surface area contributed by atoms with Crippen LogP contribution in [0.2, 0.25) is 5.02 Å². The van der Waals surface area contributed by atoms with E-state index in [0.29, 0.717) is 6.04 Å². The SMILES string of the molecule is CCCC(C)CNC(CC)c1cccc(Cl)c1. The van der Waals surface area contributed by atoms with Crippen LogP contribution in [0.3, 0.4) is 0 Å². The highest BCUT2D eigenvalue weighted by molar-refractivity contribution is 6.30. The van der Waals surface area contributed by atoms with Crippen LogP contribution in [0.4, 0.5) is 0 Å². The van der Waals surface area contributed by atoms with Gasteiger partial charge < -0.3 is 5.32 Å². The smallest absolute Gasteiger partial charge is 0.0409 e. The van der Waals surface area contributed by atoms with Crippen LogP contribution in [-0.2, 0) is 0 Å². The van der Waals surface area contributed by atoms with Gasteiger partial charge in [0.2, 0.25) is 0 Å². The van der Waals surface area contributed by atoms with E-state index in [0.717, 1.165) is 23.9 Å². The zero-order valence-corrected chi connectivity index (χ0v) is 11.9. The van der Waals surface area contributed by atoms with Gasteiger partial charge >= 0.3 is 0 Å². The predicted octanol–water partition coefficient (Wildman–Crippen LogP) is 4.82. The van der Waals surface area contributed by atoms with Gasteiger partial charge in [-0.05, 0) is 43.0 Å². The Balaban J connectivity index is 2.54. The minimum absolute atomic E-state index is 0.424. The number of nitrogens with one attached hydrogen (secondary N) is 1. The van der Waals surface area contributed by atoms with Crippen LogP contribution in [0.1, 0.15) is 51.6 Å². The summed E-state index contributed by atoms with van der Waals surface area (Å²) in [7, 11) is 0. The molecule has 0 aliphatic heterocycles. The monoisotopic (exact) mass is 253 g/mol. The lowest BCUT2D eigenvalue weighted by molar-refractivity contribution is 0.425. The summed E-state index contributed by atoms with van der Waals surface area (Å²) in [5.74, 6) is 0.744. The zero-order chi connectivity index (χ0) is 12.7. The molecule has 2 atom stereocenters. The van der Waals surface area contributed by atoms with E-state index in [4.69, 9.17) is 11.6 Å². The van der Waals surface area contributed by atoms with Crippen molar-refractivity contribution in [3.8, 4) is 0 Å². The normalized spacial score (nSPS) is 14.6. The second kappa shape index (κ2) is 7.73. The van der Waals surface area contributed by atoms with Crippen LogP contribution in [0.15, 0.2) is 24.3 Å². The van der Waals surface area contributed by atoms with Gasteiger partial charge in [-0.25, -0.2) is 0 Å².